The first-order chi connectivity index (χ1) is 9.23. The van der Waals surface area contributed by atoms with Crippen molar-refractivity contribution < 1.29 is 12.8 Å². The molecule has 1 aliphatic carbocycles. The third-order valence-corrected chi connectivity index (χ3v) is 5.70. The van der Waals surface area contributed by atoms with Gasteiger partial charge in [-0.05, 0) is 51.7 Å². The fourth-order valence-electron chi connectivity index (χ4n) is 2.10. The second-order valence-corrected chi connectivity index (χ2v) is 7.62. The molecule has 0 atom stereocenters. The van der Waals surface area contributed by atoms with Crippen molar-refractivity contribution >= 4 is 15.7 Å². The summed E-state index contributed by atoms with van der Waals surface area (Å²) >= 11 is 0. The fraction of sp³-hybridized carbons (Fsp3) is 0.571. The summed E-state index contributed by atoms with van der Waals surface area (Å²) in [4.78, 5) is -0.0625. The van der Waals surface area contributed by atoms with Crippen molar-refractivity contribution in [1.29, 1.82) is 0 Å². The van der Waals surface area contributed by atoms with Gasteiger partial charge in [0.25, 0.3) is 0 Å². The Morgan fingerprint density at radius 2 is 2.00 bits per heavy atom. The molecular formula is C14H21FN2O2S. The summed E-state index contributed by atoms with van der Waals surface area (Å²) in [7, 11) is -3.70. The molecule has 1 aromatic carbocycles. The number of nitrogens with two attached hydrogens (primary N) is 1. The van der Waals surface area contributed by atoms with Crippen LogP contribution < -0.4 is 5.73 Å². The number of hydrogen-bond acceptors (Lipinski definition) is 3. The highest BCUT2D eigenvalue weighted by Crippen LogP contribution is 2.33. The van der Waals surface area contributed by atoms with Gasteiger partial charge in [0.1, 0.15) is 5.82 Å². The molecule has 0 saturated heterocycles. The Morgan fingerprint density at radius 3 is 2.45 bits per heavy atom. The van der Waals surface area contributed by atoms with Crippen LogP contribution in [0.1, 0.15) is 32.3 Å². The number of halogens is 1. The number of nitrogens with zero attached hydrogens (tertiary/aromatic N) is 1. The molecule has 1 saturated carbocycles. The lowest BCUT2D eigenvalue weighted by molar-refractivity contribution is 0.341. The minimum Gasteiger partial charge on any atom is -0.398 e. The van der Waals surface area contributed by atoms with Gasteiger partial charge in [-0.25, -0.2) is 12.8 Å². The van der Waals surface area contributed by atoms with E-state index < -0.39 is 15.8 Å². The number of sulfonamides is 1. The van der Waals surface area contributed by atoms with Crippen LogP contribution in [0.3, 0.4) is 0 Å². The molecule has 1 aliphatic rings. The van der Waals surface area contributed by atoms with Gasteiger partial charge in [-0.3, -0.25) is 0 Å². The first kappa shape index (κ1) is 15.3. The molecule has 0 aromatic heterocycles. The molecule has 0 radical (unpaired) electrons. The molecule has 1 fully saturated rings. The van der Waals surface area contributed by atoms with E-state index in [0.29, 0.717) is 12.5 Å². The van der Waals surface area contributed by atoms with Gasteiger partial charge in [0.2, 0.25) is 10.0 Å². The fourth-order valence-corrected chi connectivity index (χ4v) is 3.86. The summed E-state index contributed by atoms with van der Waals surface area (Å²) in [5, 5.41) is 0. The molecule has 0 amide bonds. The summed E-state index contributed by atoms with van der Waals surface area (Å²) in [5.74, 6) is -0.154. The van der Waals surface area contributed by atoms with E-state index in [0.717, 1.165) is 18.9 Å². The lowest BCUT2D eigenvalue weighted by Gasteiger charge is -2.26. The average Bonchev–Trinajstić information content (AvgIpc) is 3.15. The summed E-state index contributed by atoms with van der Waals surface area (Å²) in [6, 6.07) is 2.24. The summed E-state index contributed by atoms with van der Waals surface area (Å²) in [6.07, 6.45) is 2.12. The Labute approximate surface area is 119 Å². The summed E-state index contributed by atoms with van der Waals surface area (Å²) < 4.78 is 40.5. The van der Waals surface area contributed by atoms with Crippen LogP contribution in [0.15, 0.2) is 17.0 Å². The van der Waals surface area contributed by atoms with E-state index in [1.807, 2.05) is 13.8 Å². The molecule has 112 valence electrons. The van der Waals surface area contributed by atoms with Crippen molar-refractivity contribution in [2.75, 3.05) is 12.3 Å². The topological polar surface area (TPSA) is 63.4 Å². The normalized spacial score (nSPS) is 16.1. The van der Waals surface area contributed by atoms with Crippen molar-refractivity contribution in [2.45, 2.75) is 44.6 Å². The molecule has 0 aliphatic heterocycles. The van der Waals surface area contributed by atoms with Crippen LogP contribution in [0.2, 0.25) is 0 Å². The molecule has 0 unspecified atom stereocenters. The molecule has 0 spiro atoms. The number of anilines is 1. The van der Waals surface area contributed by atoms with Crippen molar-refractivity contribution in [1.82, 2.24) is 4.31 Å². The van der Waals surface area contributed by atoms with Crippen molar-refractivity contribution in [3.63, 3.8) is 0 Å². The first-order valence-corrected chi connectivity index (χ1v) is 8.25. The Hall–Kier alpha value is -1.14. The van der Waals surface area contributed by atoms with Crippen LogP contribution in [-0.4, -0.2) is 25.3 Å². The third kappa shape index (κ3) is 2.96. The van der Waals surface area contributed by atoms with E-state index in [1.54, 1.807) is 0 Å². The van der Waals surface area contributed by atoms with Gasteiger partial charge in [0, 0.05) is 23.8 Å². The Bertz CT molecular complexity index is 587. The zero-order chi connectivity index (χ0) is 15.1. The van der Waals surface area contributed by atoms with Gasteiger partial charge >= 0.3 is 0 Å². The maximum atomic E-state index is 13.7. The SMILES string of the molecule is Cc1c(N)cc(S(=O)(=O)N(CC2CC2)C(C)C)cc1F. The van der Waals surface area contributed by atoms with Crippen LogP contribution in [0.25, 0.3) is 0 Å². The molecule has 2 rings (SSSR count). The van der Waals surface area contributed by atoms with Crippen LogP contribution >= 0.6 is 0 Å². The maximum absolute atomic E-state index is 13.7. The zero-order valence-electron chi connectivity index (χ0n) is 12.1. The van der Waals surface area contributed by atoms with Gasteiger partial charge < -0.3 is 5.73 Å². The maximum Gasteiger partial charge on any atom is 0.243 e. The second kappa shape index (κ2) is 5.33. The number of nitrogen functional groups attached to an aromatic ring is 1. The van der Waals surface area contributed by atoms with Crippen LogP contribution in [0.4, 0.5) is 10.1 Å². The highest BCUT2D eigenvalue weighted by atomic mass is 32.2. The van der Waals surface area contributed by atoms with E-state index in [-0.39, 0.29) is 22.2 Å². The molecular weight excluding hydrogens is 279 g/mol. The van der Waals surface area contributed by atoms with E-state index in [2.05, 4.69) is 0 Å². The smallest absolute Gasteiger partial charge is 0.243 e. The lowest BCUT2D eigenvalue weighted by atomic mass is 10.2. The zero-order valence-corrected chi connectivity index (χ0v) is 12.9. The third-order valence-electron chi connectivity index (χ3n) is 3.68. The number of rotatable bonds is 5. The van der Waals surface area contributed by atoms with E-state index >= 15 is 0 Å². The minimum atomic E-state index is -3.70. The minimum absolute atomic E-state index is 0.0625. The number of hydrogen-bond donors (Lipinski definition) is 1. The lowest BCUT2D eigenvalue weighted by Crippen LogP contribution is -2.38. The number of benzene rings is 1. The van der Waals surface area contributed by atoms with E-state index in [4.69, 9.17) is 5.73 Å². The highest BCUT2D eigenvalue weighted by Gasteiger charge is 2.33. The first-order valence-electron chi connectivity index (χ1n) is 6.81. The Morgan fingerprint density at radius 1 is 1.40 bits per heavy atom. The average molecular weight is 300 g/mol. The molecule has 20 heavy (non-hydrogen) atoms. The van der Waals surface area contributed by atoms with E-state index in [1.165, 1.54) is 17.3 Å². The molecule has 2 N–H and O–H groups in total. The summed E-state index contributed by atoms with van der Waals surface area (Å²) in [5.41, 5.74) is 6.13. The van der Waals surface area contributed by atoms with Gasteiger partial charge in [0.05, 0.1) is 4.90 Å². The van der Waals surface area contributed by atoms with E-state index in [9.17, 15) is 12.8 Å². The van der Waals surface area contributed by atoms with Gasteiger partial charge in [-0.2, -0.15) is 4.31 Å². The Balaban J connectivity index is 2.41. The van der Waals surface area contributed by atoms with Crippen LogP contribution in [0.5, 0.6) is 0 Å². The monoisotopic (exact) mass is 300 g/mol. The highest BCUT2D eigenvalue weighted by molar-refractivity contribution is 7.89. The second-order valence-electron chi connectivity index (χ2n) is 5.73. The van der Waals surface area contributed by atoms with Crippen LogP contribution in [0, 0.1) is 18.7 Å². The van der Waals surface area contributed by atoms with Gasteiger partial charge in [-0.15, -0.1) is 0 Å². The summed E-state index contributed by atoms with van der Waals surface area (Å²) in [6.45, 7) is 5.68. The molecule has 0 bridgehead atoms. The van der Waals surface area contributed by atoms with Crippen molar-refractivity contribution in [2.24, 2.45) is 5.92 Å². The van der Waals surface area contributed by atoms with Crippen LogP contribution in [-0.2, 0) is 10.0 Å². The molecule has 4 nitrogen and oxygen atoms in total. The van der Waals surface area contributed by atoms with Gasteiger partial charge in [-0.1, -0.05) is 0 Å². The van der Waals surface area contributed by atoms with Crippen molar-refractivity contribution in [3.8, 4) is 0 Å². The Kier molecular flexibility index (Phi) is 4.07. The largest absolute Gasteiger partial charge is 0.398 e. The standard InChI is InChI=1S/C14H21FN2O2S/c1-9(2)17(8-11-4-5-11)20(18,19)12-6-13(15)10(3)14(16)7-12/h6-7,9,11H,4-5,8,16H2,1-3H3. The van der Waals surface area contributed by atoms with Gasteiger partial charge in [0.15, 0.2) is 0 Å². The quantitative estimate of drug-likeness (QED) is 0.850. The molecule has 1 aromatic rings. The van der Waals surface area contributed by atoms with Crippen molar-refractivity contribution in [3.05, 3.63) is 23.5 Å². The predicted molar refractivity (Wildman–Crippen MR) is 77.3 cm³/mol. The predicted octanol–water partition coefficient (Wildman–Crippen LogP) is 2.53. The molecule has 6 heteroatoms. The molecule has 0 heterocycles.